The smallest absolute Gasteiger partial charge is 0.356 e. The normalized spacial score (nSPS) is 10.4. The Kier molecular flexibility index (Phi) is 2.44. The standard InChI is InChI=1S/C11H9FN2O2/c1-16-11(15)9-5-8(13)6-3-2-4-7(12)10(6)14-9/h2-5H,1H3,(H2,13,14). The molecule has 5 heteroatoms. The van der Waals surface area contributed by atoms with E-state index in [-0.39, 0.29) is 11.2 Å². The summed E-state index contributed by atoms with van der Waals surface area (Å²) < 4.78 is 17.9. The highest BCUT2D eigenvalue weighted by Gasteiger charge is 2.12. The van der Waals surface area contributed by atoms with E-state index in [0.717, 1.165) is 0 Å². The molecule has 0 atom stereocenters. The number of fused-ring (bicyclic) bond motifs is 1. The zero-order chi connectivity index (χ0) is 11.7. The van der Waals surface area contributed by atoms with Crippen LogP contribution in [0.2, 0.25) is 0 Å². The van der Waals surface area contributed by atoms with Crippen molar-refractivity contribution in [3.63, 3.8) is 0 Å². The number of nitrogens with zero attached hydrogens (tertiary/aromatic N) is 1. The number of hydrogen-bond acceptors (Lipinski definition) is 4. The topological polar surface area (TPSA) is 65.2 Å². The minimum Gasteiger partial charge on any atom is -0.464 e. The number of carbonyl (C=O) groups is 1. The minimum absolute atomic E-state index is 0.00222. The van der Waals surface area contributed by atoms with Crippen molar-refractivity contribution >= 4 is 22.6 Å². The lowest BCUT2D eigenvalue weighted by molar-refractivity contribution is 0.0594. The van der Waals surface area contributed by atoms with Gasteiger partial charge in [-0.15, -0.1) is 0 Å². The van der Waals surface area contributed by atoms with Crippen molar-refractivity contribution in [3.05, 3.63) is 35.8 Å². The number of anilines is 1. The highest BCUT2D eigenvalue weighted by molar-refractivity contribution is 5.97. The molecule has 0 unspecified atom stereocenters. The van der Waals surface area contributed by atoms with Crippen LogP contribution in [-0.2, 0) is 4.74 Å². The lowest BCUT2D eigenvalue weighted by Crippen LogP contribution is -2.06. The maximum Gasteiger partial charge on any atom is 0.356 e. The summed E-state index contributed by atoms with van der Waals surface area (Å²) in [6.45, 7) is 0. The van der Waals surface area contributed by atoms with Crippen molar-refractivity contribution in [2.75, 3.05) is 12.8 Å². The molecular formula is C11H9FN2O2. The van der Waals surface area contributed by atoms with E-state index >= 15 is 0 Å². The zero-order valence-corrected chi connectivity index (χ0v) is 8.53. The van der Waals surface area contributed by atoms with Crippen LogP contribution in [0.4, 0.5) is 10.1 Å². The van der Waals surface area contributed by atoms with E-state index in [2.05, 4.69) is 9.72 Å². The van der Waals surface area contributed by atoms with Gasteiger partial charge in [-0.1, -0.05) is 12.1 Å². The third-order valence-electron chi connectivity index (χ3n) is 2.22. The Morgan fingerprint density at radius 3 is 2.94 bits per heavy atom. The van der Waals surface area contributed by atoms with Crippen molar-refractivity contribution in [1.82, 2.24) is 4.98 Å². The summed E-state index contributed by atoms with van der Waals surface area (Å²) in [6.07, 6.45) is 0. The largest absolute Gasteiger partial charge is 0.464 e. The molecule has 82 valence electrons. The van der Waals surface area contributed by atoms with Crippen molar-refractivity contribution in [2.45, 2.75) is 0 Å². The Labute approximate surface area is 90.8 Å². The first kappa shape index (κ1) is 10.4. The molecule has 16 heavy (non-hydrogen) atoms. The Bertz CT molecular complexity index is 569. The second-order valence-corrected chi connectivity index (χ2v) is 3.22. The molecule has 0 radical (unpaired) electrons. The average Bonchev–Trinajstić information content (AvgIpc) is 2.29. The molecule has 0 aliphatic heterocycles. The number of halogens is 1. The van der Waals surface area contributed by atoms with Gasteiger partial charge in [0.25, 0.3) is 0 Å². The molecule has 1 aromatic heterocycles. The van der Waals surface area contributed by atoms with E-state index in [9.17, 15) is 9.18 Å². The summed E-state index contributed by atoms with van der Waals surface area (Å²) in [7, 11) is 1.23. The molecule has 2 N–H and O–H groups in total. The summed E-state index contributed by atoms with van der Waals surface area (Å²) >= 11 is 0. The van der Waals surface area contributed by atoms with Crippen LogP contribution in [0, 0.1) is 5.82 Å². The molecule has 0 aliphatic rings. The number of nitrogens with two attached hydrogens (primary N) is 1. The second-order valence-electron chi connectivity index (χ2n) is 3.22. The van der Waals surface area contributed by atoms with Crippen LogP contribution in [0.1, 0.15) is 10.5 Å². The first-order valence-corrected chi connectivity index (χ1v) is 4.56. The van der Waals surface area contributed by atoms with E-state index in [1.807, 2.05) is 0 Å². The van der Waals surface area contributed by atoms with Crippen LogP contribution in [0.25, 0.3) is 10.9 Å². The quantitative estimate of drug-likeness (QED) is 0.743. The van der Waals surface area contributed by atoms with Gasteiger partial charge in [0.2, 0.25) is 0 Å². The molecule has 0 amide bonds. The van der Waals surface area contributed by atoms with E-state index < -0.39 is 11.8 Å². The number of aromatic nitrogens is 1. The predicted octanol–water partition coefficient (Wildman–Crippen LogP) is 1.74. The van der Waals surface area contributed by atoms with Gasteiger partial charge in [-0.2, -0.15) is 0 Å². The molecule has 0 saturated carbocycles. The van der Waals surface area contributed by atoms with Gasteiger partial charge < -0.3 is 10.5 Å². The third-order valence-corrected chi connectivity index (χ3v) is 2.22. The van der Waals surface area contributed by atoms with Gasteiger partial charge in [-0.3, -0.25) is 0 Å². The van der Waals surface area contributed by atoms with Crippen molar-refractivity contribution in [2.24, 2.45) is 0 Å². The Morgan fingerprint density at radius 1 is 1.50 bits per heavy atom. The molecule has 4 nitrogen and oxygen atoms in total. The number of nitrogen functional groups attached to an aromatic ring is 1. The number of pyridine rings is 1. The van der Waals surface area contributed by atoms with Crippen molar-refractivity contribution < 1.29 is 13.9 Å². The highest BCUT2D eigenvalue weighted by atomic mass is 19.1. The van der Waals surface area contributed by atoms with Crippen LogP contribution in [0.15, 0.2) is 24.3 Å². The fourth-order valence-corrected chi connectivity index (χ4v) is 1.45. The Hall–Kier alpha value is -2.17. The van der Waals surface area contributed by atoms with E-state index in [1.165, 1.54) is 25.3 Å². The van der Waals surface area contributed by atoms with Crippen LogP contribution in [0.5, 0.6) is 0 Å². The number of rotatable bonds is 1. The lowest BCUT2D eigenvalue weighted by atomic mass is 10.1. The number of para-hydroxylation sites is 1. The molecule has 0 fully saturated rings. The number of benzene rings is 1. The first-order chi connectivity index (χ1) is 7.63. The van der Waals surface area contributed by atoms with Crippen LogP contribution >= 0.6 is 0 Å². The Morgan fingerprint density at radius 2 is 2.25 bits per heavy atom. The third kappa shape index (κ3) is 1.56. The molecule has 0 bridgehead atoms. The summed E-state index contributed by atoms with van der Waals surface area (Å²) in [5.74, 6) is -1.16. The fourth-order valence-electron chi connectivity index (χ4n) is 1.45. The molecule has 0 spiro atoms. The maximum atomic E-state index is 13.4. The zero-order valence-electron chi connectivity index (χ0n) is 8.53. The van der Waals surface area contributed by atoms with E-state index in [0.29, 0.717) is 11.1 Å². The molecule has 2 rings (SSSR count). The average molecular weight is 220 g/mol. The van der Waals surface area contributed by atoms with Crippen LogP contribution in [0.3, 0.4) is 0 Å². The summed E-state index contributed by atoms with van der Waals surface area (Å²) in [5.41, 5.74) is 6.07. The van der Waals surface area contributed by atoms with Gasteiger partial charge in [-0.05, 0) is 12.1 Å². The SMILES string of the molecule is COC(=O)c1cc(N)c2cccc(F)c2n1. The number of methoxy groups -OCH3 is 1. The molecule has 0 saturated heterocycles. The van der Waals surface area contributed by atoms with Gasteiger partial charge in [0.05, 0.1) is 7.11 Å². The van der Waals surface area contributed by atoms with Gasteiger partial charge in [-0.25, -0.2) is 14.2 Å². The second kappa shape index (κ2) is 3.77. The Balaban J connectivity index is 2.75. The molecule has 0 aliphatic carbocycles. The number of ether oxygens (including phenoxy) is 1. The van der Waals surface area contributed by atoms with Gasteiger partial charge in [0.1, 0.15) is 11.3 Å². The summed E-state index contributed by atoms with van der Waals surface area (Å²) in [5, 5.41) is 0.479. The fraction of sp³-hybridized carbons (Fsp3) is 0.0909. The molecule has 1 heterocycles. The summed E-state index contributed by atoms with van der Waals surface area (Å²) in [6, 6.07) is 5.80. The number of esters is 1. The van der Waals surface area contributed by atoms with Gasteiger partial charge in [0.15, 0.2) is 5.69 Å². The van der Waals surface area contributed by atoms with Crippen molar-refractivity contribution in [3.8, 4) is 0 Å². The van der Waals surface area contributed by atoms with Crippen molar-refractivity contribution in [1.29, 1.82) is 0 Å². The first-order valence-electron chi connectivity index (χ1n) is 4.56. The van der Waals surface area contributed by atoms with E-state index in [4.69, 9.17) is 5.73 Å². The molecule has 1 aromatic carbocycles. The van der Waals surface area contributed by atoms with Crippen LogP contribution < -0.4 is 5.73 Å². The predicted molar refractivity (Wildman–Crippen MR) is 57.5 cm³/mol. The van der Waals surface area contributed by atoms with E-state index in [1.54, 1.807) is 6.07 Å². The molecule has 2 aromatic rings. The monoisotopic (exact) mass is 220 g/mol. The molecular weight excluding hydrogens is 211 g/mol. The maximum absolute atomic E-state index is 13.4. The minimum atomic E-state index is -0.642. The number of carbonyl (C=O) groups excluding carboxylic acids is 1. The van der Waals surface area contributed by atoms with Crippen LogP contribution in [-0.4, -0.2) is 18.1 Å². The van der Waals surface area contributed by atoms with Gasteiger partial charge in [0, 0.05) is 11.1 Å². The number of hydrogen-bond donors (Lipinski definition) is 1. The highest BCUT2D eigenvalue weighted by Crippen LogP contribution is 2.22. The lowest BCUT2D eigenvalue weighted by Gasteiger charge is -2.05. The summed E-state index contributed by atoms with van der Waals surface area (Å²) in [4.78, 5) is 15.1. The van der Waals surface area contributed by atoms with Gasteiger partial charge >= 0.3 is 5.97 Å².